The van der Waals surface area contributed by atoms with Gasteiger partial charge in [-0.1, -0.05) is 48.8 Å². The number of hydrazine groups is 1. The first kappa shape index (κ1) is 26.4. The molecule has 1 aliphatic rings. The molecule has 2 aromatic rings. The van der Waals surface area contributed by atoms with Crippen molar-refractivity contribution in [3.8, 4) is 0 Å². The van der Waals surface area contributed by atoms with Crippen LogP contribution in [0.4, 0.5) is 5.69 Å². The minimum absolute atomic E-state index is 0.0177. The lowest BCUT2D eigenvalue weighted by molar-refractivity contribution is -0.151. The highest BCUT2D eigenvalue weighted by Gasteiger charge is 2.36. The summed E-state index contributed by atoms with van der Waals surface area (Å²) in [7, 11) is 0. The molecule has 0 aliphatic carbocycles. The number of ether oxygens (including phenoxy) is 1. The summed E-state index contributed by atoms with van der Waals surface area (Å²) < 4.78 is 6.07. The van der Waals surface area contributed by atoms with Crippen molar-refractivity contribution in [2.75, 3.05) is 18.5 Å². The molecule has 0 unspecified atom stereocenters. The van der Waals surface area contributed by atoms with Crippen LogP contribution in [-0.2, 0) is 24.5 Å². The zero-order valence-electron chi connectivity index (χ0n) is 20.5. The van der Waals surface area contributed by atoms with Crippen LogP contribution >= 0.6 is 15.9 Å². The largest absolute Gasteiger partial charge is 0.455 e. The Bertz CT molecular complexity index is 1150. The van der Waals surface area contributed by atoms with Gasteiger partial charge in [-0.3, -0.25) is 29.6 Å². The predicted octanol–water partition coefficient (Wildman–Crippen LogP) is 4.04. The first-order chi connectivity index (χ1) is 16.3. The molecule has 0 bridgehead atoms. The van der Waals surface area contributed by atoms with Gasteiger partial charge in [-0.2, -0.15) is 0 Å². The molecule has 0 spiro atoms. The fraction of sp³-hybridized carbons (Fsp3) is 0.385. The van der Waals surface area contributed by atoms with Gasteiger partial charge in [0.25, 0.3) is 11.8 Å². The molecule has 2 aromatic carbocycles. The average molecular weight is 544 g/mol. The third-order valence-corrected chi connectivity index (χ3v) is 6.69. The van der Waals surface area contributed by atoms with Crippen molar-refractivity contribution < 1.29 is 23.9 Å². The highest BCUT2D eigenvalue weighted by molar-refractivity contribution is 9.10. The average Bonchev–Trinajstić information content (AvgIpc) is 3.15. The van der Waals surface area contributed by atoms with E-state index in [1.807, 2.05) is 38.1 Å². The Hall–Kier alpha value is -3.20. The maximum atomic E-state index is 12.6. The van der Waals surface area contributed by atoms with Gasteiger partial charge in [-0.05, 0) is 60.2 Å². The second kappa shape index (κ2) is 10.6. The van der Waals surface area contributed by atoms with Crippen LogP contribution in [0.3, 0.4) is 0 Å². The third kappa shape index (κ3) is 6.69. The lowest BCUT2D eigenvalue weighted by atomic mass is 9.87. The Balaban J connectivity index is 1.51. The van der Waals surface area contributed by atoms with Crippen LogP contribution < -0.4 is 10.7 Å². The zero-order valence-corrected chi connectivity index (χ0v) is 22.1. The molecule has 1 aliphatic heterocycles. The van der Waals surface area contributed by atoms with E-state index >= 15 is 0 Å². The smallest absolute Gasteiger partial charge is 0.311 e. The molecule has 0 aromatic heterocycles. The number of anilines is 1. The lowest BCUT2D eigenvalue weighted by Crippen LogP contribution is -2.43. The summed E-state index contributed by atoms with van der Waals surface area (Å²) in [6.07, 6.45) is -0.102. The van der Waals surface area contributed by atoms with Crippen molar-refractivity contribution in [1.82, 2.24) is 10.4 Å². The van der Waals surface area contributed by atoms with Crippen LogP contribution in [0, 0.1) is 19.8 Å². The van der Waals surface area contributed by atoms with Gasteiger partial charge in [0.2, 0.25) is 5.91 Å². The van der Waals surface area contributed by atoms with E-state index < -0.39 is 36.2 Å². The van der Waals surface area contributed by atoms with Crippen molar-refractivity contribution >= 4 is 45.3 Å². The monoisotopic (exact) mass is 543 g/mol. The highest BCUT2D eigenvalue weighted by Crippen LogP contribution is 2.25. The van der Waals surface area contributed by atoms with Crippen molar-refractivity contribution in [1.29, 1.82) is 0 Å². The van der Waals surface area contributed by atoms with Crippen molar-refractivity contribution in [2.45, 2.75) is 46.5 Å². The fourth-order valence-corrected chi connectivity index (χ4v) is 4.10. The Morgan fingerprint density at radius 2 is 1.74 bits per heavy atom. The maximum absolute atomic E-state index is 12.6. The predicted molar refractivity (Wildman–Crippen MR) is 136 cm³/mol. The van der Waals surface area contributed by atoms with E-state index in [1.165, 1.54) is 0 Å². The summed E-state index contributed by atoms with van der Waals surface area (Å²) in [6, 6.07) is 10.9. The molecule has 3 amide bonds. The first-order valence-electron chi connectivity index (χ1n) is 11.3. The number of halogens is 1. The summed E-state index contributed by atoms with van der Waals surface area (Å²) in [4.78, 5) is 49.6. The molecule has 186 valence electrons. The first-order valence-corrected chi connectivity index (χ1v) is 12.1. The molecular weight excluding hydrogens is 514 g/mol. The molecule has 9 heteroatoms. The number of hydrogen-bond acceptors (Lipinski definition) is 5. The zero-order chi connectivity index (χ0) is 25.9. The van der Waals surface area contributed by atoms with E-state index in [-0.39, 0.29) is 18.4 Å². The molecule has 2 N–H and O–H groups in total. The van der Waals surface area contributed by atoms with Gasteiger partial charge in [0, 0.05) is 22.1 Å². The normalized spacial score (nSPS) is 15.7. The summed E-state index contributed by atoms with van der Waals surface area (Å²) in [6.45, 7) is 9.52. The number of rotatable bonds is 6. The summed E-state index contributed by atoms with van der Waals surface area (Å²) in [5, 5.41) is 3.85. The number of aryl methyl sites for hydroxylation is 2. The second-order valence-corrected chi connectivity index (χ2v) is 10.6. The van der Waals surface area contributed by atoms with Gasteiger partial charge in [-0.25, -0.2) is 0 Å². The Kier molecular flexibility index (Phi) is 8.00. The quantitative estimate of drug-likeness (QED) is 0.535. The number of benzene rings is 2. The molecule has 3 rings (SSSR count). The van der Waals surface area contributed by atoms with Gasteiger partial charge in [0.1, 0.15) is 0 Å². The molecule has 1 heterocycles. The van der Waals surface area contributed by atoms with Crippen LogP contribution in [-0.4, -0.2) is 41.9 Å². The minimum Gasteiger partial charge on any atom is -0.455 e. The highest BCUT2D eigenvalue weighted by atomic mass is 79.9. The number of amides is 3. The summed E-state index contributed by atoms with van der Waals surface area (Å²) in [5.74, 6) is -2.74. The fourth-order valence-electron chi connectivity index (χ4n) is 3.64. The molecule has 1 saturated heterocycles. The molecular formula is C26H30BrN3O5. The van der Waals surface area contributed by atoms with Gasteiger partial charge >= 0.3 is 5.97 Å². The van der Waals surface area contributed by atoms with Gasteiger partial charge in [-0.15, -0.1) is 0 Å². The number of carbonyl (C=O) groups is 4. The topological polar surface area (TPSA) is 105 Å². The maximum Gasteiger partial charge on any atom is 0.311 e. The van der Waals surface area contributed by atoms with E-state index in [4.69, 9.17) is 4.74 Å². The van der Waals surface area contributed by atoms with E-state index in [2.05, 4.69) is 47.4 Å². The van der Waals surface area contributed by atoms with E-state index in [0.29, 0.717) is 11.3 Å². The molecule has 0 saturated carbocycles. The standard InChI is InChI=1S/C26H30BrN3O5/c1-15-11-21(16(2)10-20(15)27)28-22(31)14-35-25(34)18-12-23(32)30(13-18)29-24(33)17-6-8-19(9-7-17)26(3,4)5/h6-11,18H,12-14H2,1-5H3,(H,28,31)(H,29,33)/t18-/m0/s1. The number of hydrogen-bond donors (Lipinski definition) is 2. The number of nitrogens with one attached hydrogen (secondary N) is 2. The van der Waals surface area contributed by atoms with E-state index in [9.17, 15) is 19.2 Å². The SMILES string of the molecule is Cc1cc(NC(=O)COC(=O)[C@H]2CC(=O)N(NC(=O)c3ccc(C(C)(C)C)cc3)C2)c(C)cc1Br. The molecule has 0 radical (unpaired) electrons. The van der Waals surface area contributed by atoms with Crippen molar-refractivity contribution in [3.63, 3.8) is 0 Å². The summed E-state index contributed by atoms with van der Waals surface area (Å²) >= 11 is 3.44. The van der Waals surface area contributed by atoms with Crippen LogP contribution in [0.2, 0.25) is 0 Å². The molecule has 8 nitrogen and oxygen atoms in total. The van der Waals surface area contributed by atoms with Gasteiger partial charge in [0.15, 0.2) is 6.61 Å². The van der Waals surface area contributed by atoms with Crippen molar-refractivity contribution in [3.05, 3.63) is 63.1 Å². The van der Waals surface area contributed by atoms with Gasteiger partial charge < -0.3 is 10.1 Å². The third-order valence-electron chi connectivity index (χ3n) is 5.83. The molecule has 1 fully saturated rings. The Morgan fingerprint density at radius 1 is 1.09 bits per heavy atom. The summed E-state index contributed by atoms with van der Waals surface area (Å²) in [5.41, 5.74) is 6.46. The van der Waals surface area contributed by atoms with Crippen LogP contribution in [0.5, 0.6) is 0 Å². The second-order valence-electron chi connectivity index (χ2n) is 9.75. The Labute approximate surface area is 213 Å². The number of carbonyl (C=O) groups excluding carboxylic acids is 4. The van der Waals surface area contributed by atoms with Gasteiger partial charge in [0.05, 0.1) is 12.5 Å². The number of esters is 1. The Morgan fingerprint density at radius 3 is 2.37 bits per heavy atom. The van der Waals surface area contributed by atoms with Crippen LogP contribution in [0.25, 0.3) is 0 Å². The minimum atomic E-state index is -0.768. The van der Waals surface area contributed by atoms with Crippen molar-refractivity contribution in [2.24, 2.45) is 5.92 Å². The van der Waals surface area contributed by atoms with Crippen LogP contribution in [0.15, 0.2) is 40.9 Å². The molecule has 35 heavy (non-hydrogen) atoms. The lowest BCUT2D eigenvalue weighted by Gasteiger charge is -2.20. The van der Waals surface area contributed by atoms with Crippen LogP contribution in [0.1, 0.15) is 54.2 Å². The van der Waals surface area contributed by atoms with E-state index in [1.54, 1.807) is 12.1 Å². The molecule has 1 atom stereocenters. The van der Waals surface area contributed by atoms with E-state index in [0.717, 1.165) is 26.2 Å². The number of nitrogens with zero attached hydrogens (tertiary/aromatic N) is 1.